The Labute approximate surface area is 378 Å². The maximum Gasteiger partial charge on any atom is 0.264 e. The molecule has 1 aromatic heterocycles. The highest BCUT2D eigenvalue weighted by Gasteiger charge is 2.50. The van der Waals surface area contributed by atoms with Crippen LogP contribution in [0.3, 0.4) is 0 Å². The highest BCUT2D eigenvalue weighted by Crippen LogP contribution is 2.56. The van der Waals surface area contributed by atoms with Gasteiger partial charge in [-0.15, -0.1) is 11.3 Å². The summed E-state index contributed by atoms with van der Waals surface area (Å²) in [4.78, 5) is 5.42. The summed E-state index contributed by atoms with van der Waals surface area (Å²) in [7, 11) is 0. The smallest absolute Gasteiger partial charge is 0.264 e. The van der Waals surface area contributed by atoms with Crippen LogP contribution in [0.15, 0.2) is 78.9 Å². The van der Waals surface area contributed by atoms with Crippen LogP contribution in [0.25, 0.3) is 10.1 Å². The van der Waals surface area contributed by atoms with Gasteiger partial charge < -0.3 is 9.80 Å². The fourth-order valence-electron chi connectivity index (χ4n) is 11.9. The summed E-state index contributed by atoms with van der Waals surface area (Å²) < 4.78 is 2.90. The van der Waals surface area contributed by atoms with Crippen molar-refractivity contribution in [3.8, 4) is 0 Å². The van der Waals surface area contributed by atoms with E-state index in [4.69, 9.17) is 0 Å². The number of anilines is 6. The average molecular weight is 837 g/mol. The Bertz CT molecular complexity index is 2850. The van der Waals surface area contributed by atoms with E-state index in [0.29, 0.717) is 0 Å². The number of aryl methyl sites for hydroxylation is 2. The first-order valence-electron chi connectivity index (χ1n) is 23.6. The molecule has 0 saturated heterocycles. The molecule has 3 heterocycles. The van der Waals surface area contributed by atoms with Crippen molar-refractivity contribution in [3.05, 3.63) is 123 Å². The maximum absolute atomic E-state index is 2.71. The first-order chi connectivity index (χ1) is 28.8. The lowest BCUT2D eigenvalue weighted by molar-refractivity contribution is 0.332. The van der Waals surface area contributed by atoms with Crippen molar-refractivity contribution in [2.75, 3.05) is 9.80 Å². The third-order valence-electron chi connectivity index (χ3n) is 16.0. The van der Waals surface area contributed by atoms with Gasteiger partial charge in [0, 0.05) is 43.3 Å². The number of hydrogen-bond acceptors (Lipinski definition) is 3. The zero-order valence-corrected chi connectivity index (χ0v) is 41.5. The molecule has 10 rings (SSSR count). The van der Waals surface area contributed by atoms with Crippen molar-refractivity contribution >= 4 is 78.0 Å². The topological polar surface area (TPSA) is 6.48 Å². The minimum atomic E-state index is 0.00971. The van der Waals surface area contributed by atoms with E-state index in [-0.39, 0.29) is 39.2 Å². The molecule has 4 aliphatic rings. The highest BCUT2D eigenvalue weighted by molar-refractivity contribution is 7.33. The Kier molecular flexibility index (Phi) is 8.85. The largest absolute Gasteiger partial charge is 0.311 e. The summed E-state index contributed by atoms with van der Waals surface area (Å²) >= 11 is 2.07. The van der Waals surface area contributed by atoms with E-state index in [0.717, 1.165) is 0 Å². The van der Waals surface area contributed by atoms with Gasteiger partial charge in [0.05, 0.1) is 5.69 Å². The molecule has 2 aliphatic carbocycles. The third-order valence-corrected chi connectivity index (χ3v) is 17.2. The molecular formula is C58H69BN2S. The number of thiophene rings is 1. The lowest BCUT2D eigenvalue weighted by Crippen LogP contribution is -2.61. The minimum absolute atomic E-state index is 0.00971. The summed E-state index contributed by atoms with van der Waals surface area (Å²) in [5, 5.41) is 1.41. The number of nitrogens with zero attached hydrogens (tertiary/aromatic N) is 2. The monoisotopic (exact) mass is 837 g/mol. The summed E-state index contributed by atoms with van der Waals surface area (Å²) in [6.45, 7) is 38.7. The van der Waals surface area contributed by atoms with Crippen LogP contribution in [0.4, 0.5) is 34.1 Å². The predicted octanol–water partition coefficient (Wildman–Crippen LogP) is 14.9. The Balaban J connectivity index is 1.36. The van der Waals surface area contributed by atoms with Crippen molar-refractivity contribution in [1.29, 1.82) is 0 Å². The normalized spacial score (nSPS) is 19.1. The van der Waals surface area contributed by atoms with Crippen molar-refractivity contribution in [2.24, 2.45) is 0 Å². The predicted molar refractivity (Wildman–Crippen MR) is 273 cm³/mol. The van der Waals surface area contributed by atoms with E-state index >= 15 is 0 Å². The molecule has 0 atom stereocenters. The summed E-state index contributed by atoms with van der Waals surface area (Å²) in [6.07, 6.45) is 4.77. The quantitative estimate of drug-likeness (QED) is 0.160. The molecule has 0 bridgehead atoms. The number of rotatable bonds is 2. The van der Waals surface area contributed by atoms with E-state index in [9.17, 15) is 0 Å². The first kappa shape index (κ1) is 41.7. The van der Waals surface area contributed by atoms with Gasteiger partial charge in [0.2, 0.25) is 0 Å². The summed E-state index contributed by atoms with van der Waals surface area (Å²) in [5.41, 5.74) is 22.8. The van der Waals surface area contributed by atoms with E-state index in [1.165, 1.54) is 130 Å². The molecule has 320 valence electrons. The van der Waals surface area contributed by atoms with Crippen LogP contribution in [0.2, 0.25) is 0 Å². The number of fused-ring (bicyclic) bond motifs is 9. The van der Waals surface area contributed by atoms with Crippen molar-refractivity contribution in [2.45, 2.75) is 169 Å². The van der Waals surface area contributed by atoms with Gasteiger partial charge in [-0.1, -0.05) is 133 Å². The van der Waals surface area contributed by atoms with Gasteiger partial charge in [0.15, 0.2) is 0 Å². The fraction of sp³-hybridized carbons (Fsp3) is 0.448. The maximum atomic E-state index is 2.71. The third kappa shape index (κ3) is 6.08. The van der Waals surface area contributed by atoms with Crippen molar-refractivity contribution in [3.63, 3.8) is 0 Å². The Morgan fingerprint density at radius 2 is 1.08 bits per heavy atom. The first-order valence-corrected chi connectivity index (χ1v) is 24.4. The average Bonchev–Trinajstić information content (AvgIpc) is 3.55. The lowest BCUT2D eigenvalue weighted by Gasteiger charge is -2.49. The zero-order valence-electron chi connectivity index (χ0n) is 40.7. The van der Waals surface area contributed by atoms with Gasteiger partial charge >= 0.3 is 0 Å². The molecule has 0 unspecified atom stereocenters. The highest BCUT2D eigenvalue weighted by atomic mass is 32.1. The van der Waals surface area contributed by atoms with Crippen LogP contribution >= 0.6 is 11.3 Å². The van der Waals surface area contributed by atoms with Crippen molar-refractivity contribution in [1.82, 2.24) is 0 Å². The van der Waals surface area contributed by atoms with E-state index in [1.807, 2.05) is 0 Å². The number of hydrogen-bond donors (Lipinski definition) is 0. The van der Waals surface area contributed by atoms with Crippen LogP contribution in [0.1, 0.15) is 167 Å². The summed E-state index contributed by atoms with van der Waals surface area (Å²) in [5.74, 6) is 0. The molecule has 0 saturated carbocycles. The SMILES string of the molecule is Cc1cc2c3c(c1)N(c1ccc(C(C)(C)C)cc1C)c1c(sc4cc5c(cc14)C(C)(C)CCC5(C)C)B3c1ccc3c(c1N2c1ccc(C(C)(C)C)cc1)C(C)(C)CCC3(C)C. The zero-order chi connectivity index (χ0) is 44.4. The fourth-order valence-corrected chi connectivity index (χ4v) is 13.2. The Hall–Kier alpha value is -4.28. The van der Waals surface area contributed by atoms with E-state index < -0.39 is 0 Å². The molecular weight excluding hydrogens is 768 g/mol. The van der Waals surface area contributed by atoms with Gasteiger partial charge in [-0.3, -0.25) is 0 Å². The molecule has 4 heteroatoms. The molecule has 62 heavy (non-hydrogen) atoms. The Morgan fingerprint density at radius 1 is 0.532 bits per heavy atom. The van der Waals surface area contributed by atoms with E-state index in [2.05, 4.69) is 211 Å². The van der Waals surface area contributed by atoms with Crippen LogP contribution < -0.4 is 25.5 Å². The molecule has 5 aromatic carbocycles. The van der Waals surface area contributed by atoms with Crippen LogP contribution in [-0.2, 0) is 32.5 Å². The molecule has 0 amide bonds. The molecule has 2 nitrogen and oxygen atoms in total. The van der Waals surface area contributed by atoms with Gasteiger partial charge in [-0.05, 0) is 170 Å². The molecule has 0 fully saturated rings. The minimum Gasteiger partial charge on any atom is -0.311 e. The second-order valence-corrected chi connectivity index (χ2v) is 25.6. The molecule has 0 radical (unpaired) electrons. The second-order valence-electron chi connectivity index (χ2n) is 24.5. The van der Waals surface area contributed by atoms with Gasteiger partial charge in [0.1, 0.15) is 0 Å². The second kappa shape index (κ2) is 13.2. The standard InChI is InChI=1S/C58H69BN2S/c1-34-29-45-49-46(30-34)61(44-24-19-37(31-35(44)2)54(6,7)8)50-39-32-41-42(57(13,14)26-25-56(41,11)12)33-47(39)62-52(50)59(49)43-23-22-40-48(58(15,16)28-27-55(40,9)10)51(43)60(45)38-20-17-36(18-21-38)53(3,4)5/h17-24,29-33H,25-28H2,1-16H3. The van der Waals surface area contributed by atoms with Gasteiger partial charge in [0.25, 0.3) is 6.71 Å². The van der Waals surface area contributed by atoms with E-state index in [1.54, 1.807) is 0 Å². The van der Waals surface area contributed by atoms with Gasteiger partial charge in [-0.25, -0.2) is 0 Å². The molecule has 2 aliphatic heterocycles. The lowest BCUT2D eigenvalue weighted by atomic mass is 9.35. The van der Waals surface area contributed by atoms with Crippen LogP contribution in [0.5, 0.6) is 0 Å². The summed E-state index contributed by atoms with van der Waals surface area (Å²) in [6, 6.07) is 32.3. The van der Waals surface area contributed by atoms with Crippen LogP contribution in [-0.4, -0.2) is 6.71 Å². The molecule has 0 spiro atoms. The Morgan fingerprint density at radius 3 is 1.68 bits per heavy atom. The van der Waals surface area contributed by atoms with Crippen LogP contribution in [0, 0.1) is 13.8 Å². The number of benzene rings is 5. The van der Waals surface area contributed by atoms with Gasteiger partial charge in [-0.2, -0.15) is 0 Å². The molecule has 0 N–H and O–H groups in total. The van der Waals surface area contributed by atoms with Crippen molar-refractivity contribution < 1.29 is 0 Å². The molecule has 6 aromatic rings.